The van der Waals surface area contributed by atoms with E-state index in [-0.39, 0.29) is 17.9 Å². The van der Waals surface area contributed by atoms with Crippen molar-refractivity contribution in [3.05, 3.63) is 0 Å². The largest absolute Gasteiger partial charge is 0.379 e. The molecule has 1 aliphatic carbocycles. The molecule has 0 aromatic heterocycles. The number of nitrogens with one attached hydrogen (secondary N) is 2. The van der Waals surface area contributed by atoms with E-state index >= 15 is 0 Å². The molecular formula is C13H24N2O2. The number of hydrogen-bond donors (Lipinski definition) is 2. The molecule has 1 saturated carbocycles. The van der Waals surface area contributed by atoms with E-state index in [9.17, 15) is 4.79 Å². The summed E-state index contributed by atoms with van der Waals surface area (Å²) in [4.78, 5) is 12.0. The second-order valence-corrected chi connectivity index (χ2v) is 5.42. The van der Waals surface area contributed by atoms with Crippen molar-refractivity contribution >= 4 is 5.91 Å². The quantitative estimate of drug-likeness (QED) is 0.721. The van der Waals surface area contributed by atoms with E-state index in [1.165, 1.54) is 6.42 Å². The van der Waals surface area contributed by atoms with Gasteiger partial charge in [0.05, 0.1) is 19.1 Å². The monoisotopic (exact) mass is 240 g/mol. The molecule has 0 bridgehead atoms. The third kappa shape index (κ3) is 3.42. The van der Waals surface area contributed by atoms with Crippen LogP contribution >= 0.6 is 0 Å². The highest BCUT2D eigenvalue weighted by Crippen LogP contribution is 2.36. The van der Waals surface area contributed by atoms with Crippen molar-refractivity contribution in [1.82, 2.24) is 10.6 Å². The fraction of sp³-hybridized carbons (Fsp3) is 0.923. The van der Waals surface area contributed by atoms with E-state index < -0.39 is 0 Å². The Balaban J connectivity index is 1.72. The van der Waals surface area contributed by atoms with Crippen LogP contribution in [-0.4, -0.2) is 38.3 Å². The van der Waals surface area contributed by atoms with Gasteiger partial charge in [-0.05, 0) is 31.2 Å². The van der Waals surface area contributed by atoms with Crippen LogP contribution in [0.1, 0.15) is 26.7 Å². The van der Waals surface area contributed by atoms with Crippen LogP contribution in [-0.2, 0) is 9.53 Å². The summed E-state index contributed by atoms with van der Waals surface area (Å²) < 4.78 is 5.41. The molecule has 2 rings (SSSR count). The molecule has 2 fully saturated rings. The van der Waals surface area contributed by atoms with E-state index in [1.807, 2.05) is 0 Å². The summed E-state index contributed by atoms with van der Waals surface area (Å²) in [5.74, 6) is 1.67. The molecule has 0 aromatic carbocycles. The first-order valence-electron chi connectivity index (χ1n) is 6.81. The van der Waals surface area contributed by atoms with E-state index in [1.54, 1.807) is 0 Å². The van der Waals surface area contributed by atoms with Crippen molar-refractivity contribution in [2.24, 2.45) is 17.8 Å². The highest BCUT2D eigenvalue weighted by Gasteiger charge is 2.36. The van der Waals surface area contributed by atoms with Crippen LogP contribution in [0.15, 0.2) is 0 Å². The summed E-state index contributed by atoms with van der Waals surface area (Å²) in [6, 6.07) is 0.201. The lowest BCUT2D eigenvalue weighted by Crippen LogP contribution is -2.44. The number of rotatable bonds is 6. The van der Waals surface area contributed by atoms with Crippen LogP contribution in [0, 0.1) is 17.8 Å². The van der Waals surface area contributed by atoms with Crippen molar-refractivity contribution in [3.63, 3.8) is 0 Å². The van der Waals surface area contributed by atoms with Gasteiger partial charge in [-0.1, -0.05) is 13.8 Å². The van der Waals surface area contributed by atoms with Gasteiger partial charge in [0.25, 0.3) is 0 Å². The molecule has 0 radical (unpaired) electrons. The van der Waals surface area contributed by atoms with Crippen molar-refractivity contribution < 1.29 is 9.53 Å². The van der Waals surface area contributed by atoms with Crippen molar-refractivity contribution in [2.75, 3.05) is 26.3 Å². The molecule has 4 nitrogen and oxygen atoms in total. The lowest BCUT2D eigenvalue weighted by atomic mass is 10.0. The number of amides is 1. The predicted octanol–water partition coefficient (Wildman–Crippen LogP) is 0.773. The van der Waals surface area contributed by atoms with Gasteiger partial charge in [-0.3, -0.25) is 4.79 Å². The Morgan fingerprint density at radius 1 is 1.41 bits per heavy atom. The minimum atomic E-state index is -0.00407. The smallest absolute Gasteiger partial charge is 0.227 e. The Hall–Kier alpha value is -0.610. The maximum Gasteiger partial charge on any atom is 0.227 e. The normalized spacial score (nSPS) is 35.9. The van der Waals surface area contributed by atoms with Gasteiger partial charge in [0.15, 0.2) is 0 Å². The molecular weight excluding hydrogens is 216 g/mol. The van der Waals surface area contributed by atoms with E-state index in [0.29, 0.717) is 19.1 Å². The second-order valence-electron chi connectivity index (χ2n) is 5.42. The molecule has 4 unspecified atom stereocenters. The molecule has 0 aromatic rings. The standard InChI is InChI=1S/C13H24N2O2/c1-3-4-14-12-8-17-7-11(12)13(16)15-6-10-5-9(10)2/h9-12,14H,3-8H2,1-2H3,(H,15,16). The van der Waals surface area contributed by atoms with Gasteiger partial charge in [0.2, 0.25) is 5.91 Å². The zero-order valence-corrected chi connectivity index (χ0v) is 10.9. The summed E-state index contributed by atoms with van der Waals surface area (Å²) >= 11 is 0. The minimum absolute atomic E-state index is 0.00407. The Kier molecular flexibility index (Phi) is 4.40. The van der Waals surface area contributed by atoms with Crippen LogP contribution in [0.3, 0.4) is 0 Å². The van der Waals surface area contributed by atoms with Gasteiger partial charge in [-0.2, -0.15) is 0 Å². The average molecular weight is 240 g/mol. The fourth-order valence-corrected chi connectivity index (χ4v) is 2.39. The van der Waals surface area contributed by atoms with Gasteiger partial charge in [-0.15, -0.1) is 0 Å². The molecule has 1 aliphatic heterocycles. The highest BCUT2D eigenvalue weighted by atomic mass is 16.5. The zero-order chi connectivity index (χ0) is 12.3. The van der Waals surface area contributed by atoms with Crippen LogP contribution < -0.4 is 10.6 Å². The third-order valence-corrected chi connectivity index (χ3v) is 3.89. The SMILES string of the molecule is CCCNC1COCC1C(=O)NCC1CC1C. The maximum absolute atomic E-state index is 12.0. The Morgan fingerprint density at radius 3 is 2.82 bits per heavy atom. The summed E-state index contributed by atoms with van der Waals surface area (Å²) in [6.07, 6.45) is 2.35. The molecule has 1 amide bonds. The Morgan fingerprint density at radius 2 is 2.18 bits per heavy atom. The summed E-state index contributed by atoms with van der Waals surface area (Å²) in [5.41, 5.74) is 0. The van der Waals surface area contributed by atoms with Crippen molar-refractivity contribution in [1.29, 1.82) is 0 Å². The van der Waals surface area contributed by atoms with Crippen LogP contribution in [0.25, 0.3) is 0 Å². The fourth-order valence-electron chi connectivity index (χ4n) is 2.39. The second kappa shape index (κ2) is 5.83. The molecule has 4 atom stereocenters. The maximum atomic E-state index is 12.0. The zero-order valence-electron chi connectivity index (χ0n) is 10.9. The lowest BCUT2D eigenvalue weighted by molar-refractivity contribution is -0.125. The number of carbonyl (C=O) groups is 1. The summed E-state index contributed by atoms with van der Waals surface area (Å²) in [7, 11) is 0. The van der Waals surface area contributed by atoms with E-state index in [2.05, 4.69) is 24.5 Å². The van der Waals surface area contributed by atoms with Gasteiger partial charge in [0, 0.05) is 12.6 Å². The van der Waals surface area contributed by atoms with Gasteiger partial charge in [-0.25, -0.2) is 0 Å². The molecule has 98 valence electrons. The number of carbonyl (C=O) groups excluding carboxylic acids is 1. The molecule has 1 heterocycles. The lowest BCUT2D eigenvalue weighted by Gasteiger charge is -2.18. The molecule has 17 heavy (non-hydrogen) atoms. The van der Waals surface area contributed by atoms with Crippen LogP contribution in [0.4, 0.5) is 0 Å². The molecule has 2 N–H and O–H groups in total. The van der Waals surface area contributed by atoms with Crippen molar-refractivity contribution in [3.8, 4) is 0 Å². The van der Waals surface area contributed by atoms with Crippen LogP contribution in [0.5, 0.6) is 0 Å². The van der Waals surface area contributed by atoms with Crippen LogP contribution in [0.2, 0.25) is 0 Å². The average Bonchev–Trinajstić information content (AvgIpc) is 2.84. The third-order valence-electron chi connectivity index (χ3n) is 3.89. The molecule has 2 aliphatic rings. The highest BCUT2D eigenvalue weighted by molar-refractivity contribution is 5.79. The Bertz CT molecular complexity index is 270. The van der Waals surface area contributed by atoms with Gasteiger partial charge in [0.1, 0.15) is 0 Å². The summed E-state index contributed by atoms with van der Waals surface area (Å²) in [5, 5.41) is 6.45. The Labute approximate surface area is 103 Å². The molecule has 0 spiro atoms. The van der Waals surface area contributed by atoms with Gasteiger partial charge >= 0.3 is 0 Å². The minimum Gasteiger partial charge on any atom is -0.379 e. The molecule has 4 heteroatoms. The topological polar surface area (TPSA) is 50.4 Å². The first-order chi connectivity index (χ1) is 8.22. The number of hydrogen-bond acceptors (Lipinski definition) is 3. The number of ether oxygens (including phenoxy) is 1. The van der Waals surface area contributed by atoms with Gasteiger partial charge < -0.3 is 15.4 Å². The van der Waals surface area contributed by atoms with E-state index in [0.717, 1.165) is 25.4 Å². The molecule has 1 saturated heterocycles. The summed E-state index contributed by atoms with van der Waals surface area (Å²) in [6.45, 7) is 7.40. The van der Waals surface area contributed by atoms with Crippen molar-refractivity contribution in [2.45, 2.75) is 32.7 Å². The van der Waals surface area contributed by atoms with E-state index in [4.69, 9.17) is 4.74 Å². The predicted molar refractivity (Wildman–Crippen MR) is 66.7 cm³/mol. The first kappa shape index (κ1) is 12.8. The first-order valence-corrected chi connectivity index (χ1v) is 6.81.